The van der Waals surface area contributed by atoms with Gasteiger partial charge in [-0.2, -0.15) is 13.2 Å². The summed E-state index contributed by atoms with van der Waals surface area (Å²) in [5.74, 6) is -1.26. The number of carbonyl (C=O) groups is 1. The molecule has 2 aromatic rings. The van der Waals surface area contributed by atoms with E-state index >= 15 is 0 Å². The number of halogens is 3. The predicted molar refractivity (Wildman–Crippen MR) is 113 cm³/mol. The molecule has 4 N–H and O–H groups in total. The molecule has 1 heterocycles. The SMILES string of the molecule is CN(CC[C@H](Oc1ccc(C(F)(F)F)cc1)c1ccccc1)[C@@H]1O[C@H](C(=O)O)[C@@H](O)[C@H](O)[C@H]1O. The second-order valence-corrected chi connectivity index (χ2v) is 8.07. The largest absolute Gasteiger partial charge is 0.486 e. The molecule has 8 nitrogen and oxygen atoms in total. The van der Waals surface area contributed by atoms with Crippen LogP contribution in [0.15, 0.2) is 54.6 Å². The third-order valence-electron chi connectivity index (χ3n) is 5.64. The van der Waals surface area contributed by atoms with Crippen molar-refractivity contribution in [1.29, 1.82) is 0 Å². The number of aliphatic hydroxyl groups excluding tert-OH is 3. The Morgan fingerprint density at radius 3 is 2.21 bits per heavy atom. The highest BCUT2D eigenvalue weighted by atomic mass is 19.4. The summed E-state index contributed by atoms with van der Waals surface area (Å²) in [6, 6.07) is 13.3. The number of alkyl halides is 3. The summed E-state index contributed by atoms with van der Waals surface area (Å²) in [5, 5.41) is 39.4. The number of benzene rings is 2. The molecule has 1 saturated heterocycles. The van der Waals surface area contributed by atoms with Gasteiger partial charge >= 0.3 is 12.1 Å². The second kappa shape index (κ2) is 10.7. The summed E-state index contributed by atoms with van der Waals surface area (Å²) in [6.45, 7) is 0.192. The minimum absolute atomic E-state index is 0.192. The molecule has 1 aliphatic rings. The van der Waals surface area contributed by atoms with Gasteiger partial charge in [0.05, 0.1) is 5.56 Å². The van der Waals surface area contributed by atoms with Crippen molar-refractivity contribution in [2.24, 2.45) is 0 Å². The molecule has 0 saturated carbocycles. The number of hydrogen-bond donors (Lipinski definition) is 4. The zero-order valence-electron chi connectivity index (χ0n) is 18.2. The monoisotopic (exact) mass is 485 g/mol. The maximum Gasteiger partial charge on any atom is 0.416 e. The zero-order valence-corrected chi connectivity index (χ0v) is 18.2. The van der Waals surface area contributed by atoms with Gasteiger partial charge in [-0.15, -0.1) is 0 Å². The van der Waals surface area contributed by atoms with E-state index in [-0.39, 0.29) is 18.7 Å². The number of nitrogens with zero attached hydrogens (tertiary/aromatic N) is 1. The number of hydrogen-bond acceptors (Lipinski definition) is 7. The molecule has 6 atom stereocenters. The van der Waals surface area contributed by atoms with Gasteiger partial charge in [0.25, 0.3) is 0 Å². The van der Waals surface area contributed by atoms with Crippen molar-refractivity contribution in [3.05, 3.63) is 65.7 Å². The molecule has 0 amide bonds. The predicted octanol–water partition coefficient (Wildman–Crippen LogP) is 2.04. The lowest BCUT2D eigenvalue weighted by molar-refractivity contribution is -0.256. The molecule has 34 heavy (non-hydrogen) atoms. The summed E-state index contributed by atoms with van der Waals surface area (Å²) >= 11 is 0. The first-order valence-corrected chi connectivity index (χ1v) is 10.5. The first-order valence-electron chi connectivity index (χ1n) is 10.5. The highest BCUT2D eigenvalue weighted by molar-refractivity contribution is 5.73. The van der Waals surface area contributed by atoms with Crippen molar-refractivity contribution >= 4 is 5.97 Å². The van der Waals surface area contributed by atoms with Crippen LogP contribution in [0.1, 0.15) is 23.7 Å². The minimum atomic E-state index is -4.47. The van der Waals surface area contributed by atoms with Gasteiger partial charge < -0.3 is 29.9 Å². The Labute approximate surface area is 193 Å². The van der Waals surface area contributed by atoms with Crippen LogP contribution in [0.2, 0.25) is 0 Å². The summed E-state index contributed by atoms with van der Waals surface area (Å²) in [5.41, 5.74) is -0.0483. The fourth-order valence-corrected chi connectivity index (χ4v) is 3.73. The maximum absolute atomic E-state index is 12.8. The molecule has 0 bridgehead atoms. The van der Waals surface area contributed by atoms with Gasteiger partial charge in [0.1, 0.15) is 36.4 Å². The van der Waals surface area contributed by atoms with E-state index in [0.29, 0.717) is 0 Å². The number of aliphatic carboxylic acids is 1. The normalized spacial score (nSPS) is 26.3. The van der Waals surface area contributed by atoms with Crippen LogP contribution in [0.3, 0.4) is 0 Å². The van der Waals surface area contributed by atoms with Crippen molar-refractivity contribution in [3.63, 3.8) is 0 Å². The lowest BCUT2D eigenvalue weighted by Crippen LogP contribution is -2.63. The van der Waals surface area contributed by atoms with E-state index in [2.05, 4.69) is 0 Å². The Bertz CT molecular complexity index is 942. The van der Waals surface area contributed by atoms with E-state index in [1.807, 2.05) is 0 Å². The van der Waals surface area contributed by atoms with E-state index < -0.39 is 54.5 Å². The van der Waals surface area contributed by atoms with Gasteiger partial charge in [-0.05, 0) is 36.9 Å². The topological polar surface area (TPSA) is 120 Å². The molecule has 2 aromatic carbocycles. The Morgan fingerprint density at radius 1 is 1.03 bits per heavy atom. The summed E-state index contributed by atoms with van der Waals surface area (Å²) < 4.78 is 49.8. The number of likely N-dealkylation sites (N-methyl/N-ethyl adjacent to an activating group) is 1. The molecule has 3 rings (SSSR count). The zero-order chi connectivity index (χ0) is 25.0. The Morgan fingerprint density at radius 2 is 1.65 bits per heavy atom. The van der Waals surface area contributed by atoms with Crippen molar-refractivity contribution in [3.8, 4) is 5.75 Å². The fraction of sp³-hybridized carbons (Fsp3) is 0.435. The van der Waals surface area contributed by atoms with Crippen LogP contribution < -0.4 is 4.74 Å². The maximum atomic E-state index is 12.8. The van der Waals surface area contributed by atoms with Crippen LogP contribution in [0.4, 0.5) is 13.2 Å². The van der Waals surface area contributed by atoms with Crippen LogP contribution in [-0.4, -0.2) is 75.5 Å². The molecule has 186 valence electrons. The van der Waals surface area contributed by atoms with Crippen molar-refractivity contribution in [1.82, 2.24) is 4.90 Å². The molecule has 1 aliphatic heterocycles. The van der Waals surface area contributed by atoms with Crippen molar-refractivity contribution < 1.29 is 47.9 Å². The van der Waals surface area contributed by atoms with Crippen molar-refractivity contribution in [2.45, 2.75) is 49.3 Å². The molecule has 0 unspecified atom stereocenters. The highest BCUT2D eigenvalue weighted by Gasteiger charge is 2.48. The standard InChI is InChI=1S/C23H26F3NO7/c1-27(21-19(30)17(28)18(29)20(34-21)22(31)32)12-11-16(13-5-3-2-4-6-13)33-15-9-7-14(8-10-15)23(24,25)26/h2-10,16-21,28-30H,11-12H2,1H3,(H,31,32)/t16-,17-,18-,19+,20-,21+/m0/s1. The third kappa shape index (κ3) is 6.05. The van der Waals surface area contributed by atoms with Gasteiger partial charge in [-0.25, -0.2) is 4.79 Å². The molecule has 0 aliphatic carbocycles. The molecular formula is C23H26F3NO7. The first-order chi connectivity index (χ1) is 16.0. The van der Waals surface area contributed by atoms with E-state index in [0.717, 1.165) is 17.7 Å². The van der Waals surface area contributed by atoms with Crippen LogP contribution >= 0.6 is 0 Å². The van der Waals surface area contributed by atoms with E-state index in [1.165, 1.54) is 24.1 Å². The smallest absolute Gasteiger partial charge is 0.416 e. The number of carboxylic acid groups (broad SMARTS) is 1. The Hall–Kier alpha value is -2.70. The fourth-order valence-electron chi connectivity index (χ4n) is 3.73. The van der Waals surface area contributed by atoms with Crippen LogP contribution in [0, 0.1) is 0 Å². The lowest BCUT2D eigenvalue weighted by atomic mass is 9.97. The van der Waals surface area contributed by atoms with Gasteiger partial charge in [-0.3, -0.25) is 4.90 Å². The van der Waals surface area contributed by atoms with Gasteiger partial charge in [0.2, 0.25) is 0 Å². The van der Waals surface area contributed by atoms with Crippen LogP contribution in [0.25, 0.3) is 0 Å². The molecule has 1 fully saturated rings. The summed E-state index contributed by atoms with van der Waals surface area (Å²) in [4.78, 5) is 12.8. The van der Waals surface area contributed by atoms with E-state index in [1.54, 1.807) is 30.3 Å². The number of aliphatic hydroxyl groups is 3. The minimum Gasteiger partial charge on any atom is -0.486 e. The Kier molecular flexibility index (Phi) is 8.16. The molecule has 0 spiro atoms. The number of rotatable bonds is 8. The summed E-state index contributed by atoms with van der Waals surface area (Å²) in [7, 11) is 1.54. The summed E-state index contributed by atoms with van der Waals surface area (Å²) in [6.07, 6.45) is -12.8. The molecule has 0 aromatic heterocycles. The quantitative estimate of drug-likeness (QED) is 0.449. The lowest BCUT2D eigenvalue weighted by Gasteiger charge is -2.42. The number of carboxylic acids is 1. The third-order valence-corrected chi connectivity index (χ3v) is 5.64. The van der Waals surface area contributed by atoms with Gasteiger partial charge in [0.15, 0.2) is 6.10 Å². The van der Waals surface area contributed by atoms with Crippen molar-refractivity contribution in [2.75, 3.05) is 13.6 Å². The second-order valence-electron chi connectivity index (χ2n) is 8.07. The van der Waals surface area contributed by atoms with E-state index in [4.69, 9.17) is 9.47 Å². The van der Waals surface area contributed by atoms with Gasteiger partial charge in [0, 0.05) is 13.0 Å². The molecular weight excluding hydrogens is 459 g/mol. The van der Waals surface area contributed by atoms with Gasteiger partial charge in [-0.1, -0.05) is 30.3 Å². The number of ether oxygens (including phenoxy) is 2. The molecule has 0 radical (unpaired) electrons. The average Bonchev–Trinajstić information content (AvgIpc) is 2.80. The Balaban J connectivity index is 1.72. The highest BCUT2D eigenvalue weighted by Crippen LogP contribution is 2.32. The average molecular weight is 485 g/mol. The van der Waals surface area contributed by atoms with E-state index in [9.17, 15) is 38.4 Å². The van der Waals surface area contributed by atoms with Crippen LogP contribution in [-0.2, 0) is 15.7 Å². The molecule has 11 heteroatoms. The van der Waals surface area contributed by atoms with Crippen LogP contribution in [0.5, 0.6) is 5.75 Å². The first kappa shape index (κ1) is 25.9.